The Balaban J connectivity index is 1.30. The Morgan fingerprint density at radius 3 is 2.92 bits per heavy atom. The van der Waals surface area contributed by atoms with Crippen molar-refractivity contribution in [2.24, 2.45) is 5.92 Å². The van der Waals surface area contributed by atoms with E-state index in [1.807, 2.05) is 23.1 Å². The fraction of sp³-hybridized carbons (Fsp3) is 0.632. The standard InChI is InChI=1S/C19H27N3O2/c1-14-11-22(18(14)15-6-3-2-4-7-15)19(23)20-10-17-12-21-9-5-8-16(21)13-24-17/h2-4,6-7,14,16-18H,5,8-13H2,1H3,(H,20,23)/t14-,16+,17-,18+/m1/s1. The zero-order valence-electron chi connectivity index (χ0n) is 14.4. The van der Waals surface area contributed by atoms with Crippen molar-refractivity contribution in [1.82, 2.24) is 15.1 Å². The molecule has 3 aliphatic rings. The molecule has 4 rings (SSSR count). The van der Waals surface area contributed by atoms with E-state index in [4.69, 9.17) is 4.74 Å². The van der Waals surface area contributed by atoms with Crippen LogP contribution in [0, 0.1) is 5.92 Å². The van der Waals surface area contributed by atoms with Gasteiger partial charge < -0.3 is 15.0 Å². The highest BCUT2D eigenvalue weighted by Crippen LogP contribution is 2.38. The van der Waals surface area contributed by atoms with Crippen LogP contribution in [0.15, 0.2) is 30.3 Å². The van der Waals surface area contributed by atoms with Crippen molar-refractivity contribution in [1.29, 1.82) is 0 Å². The summed E-state index contributed by atoms with van der Waals surface area (Å²) in [5.41, 5.74) is 1.22. The number of hydrogen-bond acceptors (Lipinski definition) is 3. The zero-order chi connectivity index (χ0) is 16.5. The van der Waals surface area contributed by atoms with Gasteiger partial charge in [-0.3, -0.25) is 4.90 Å². The summed E-state index contributed by atoms with van der Waals surface area (Å²) in [6, 6.07) is 11.2. The fourth-order valence-corrected chi connectivity index (χ4v) is 4.37. The van der Waals surface area contributed by atoms with Gasteiger partial charge in [0.2, 0.25) is 0 Å². The summed E-state index contributed by atoms with van der Waals surface area (Å²) >= 11 is 0. The van der Waals surface area contributed by atoms with E-state index < -0.39 is 0 Å². The van der Waals surface area contributed by atoms with E-state index in [-0.39, 0.29) is 18.2 Å². The number of rotatable bonds is 3. The van der Waals surface area contributed by atoms with Gasteiger partial charge in [0.05, 0.1) is 18.8 Å². The molecule has 0 unspecified atom stereocenters. The molecule has 0 bridgehead atoms. The normalized spacial score (nSPS) is 33.0. The van der Waals surface area contributed by atoms with Gasteiger partial charge in [-0.05, 0) is 30.9 Å². The molecule has 24 heavy (non-hydrogen) atoms. The summed E-state index contributed by atoms with van der Waals surface area (Å²) in [4.78, 5) is 17.0. The molecule has 1 aromatic rings. The molecule has 5 heteroatoms. The van der Waals surface area contributed by atoms with Gasteiger partial charge in [0.15, 0.2) is 0 Å². The van der Waals surface area contributed by atoms with Crippen LogP contribution in [0.1, 0.15) is 31.4 Å². The third kappa shape index (κ3) is 3.03. The summed E-state index contributed by atoms with van der Waals surface area (Å²) < 4.78 is 5.93. The van der Waals surface area contributed by atoms with Crippen LogP contribution in [0.2, 0.25) is 0 Å². The fourth-order valence-electron chi connectivity index (χ4n) is 4.37. The average molecular weight is 329 g/mol. The summed E-state index contributed by atoms with van der Waals surface area (Å²) in [5.74, 6) is 0.509. The lowest BCUT2D eigenvalue weighted by Gasteiger charge is -2.47. The Morgan fingerprint density at radius 1 is 1.29 bits per heavy atom. The highest BCUT2D eigenvalue weighted by Gasteiger charge is 2.40. The highest BCUT2D eigenvalue weighted by molar-refractivity contribution is 5.76. The van der Waals surface area contributed by atoms with Crippen molar-refractivity contribution in [3.63, 3.8) is 0 Å². The minimum absolute atomic E-state index is 0.0362. The van der Waals surface area contributed by atoms with Crippen LogP contribution in [-0.2, 0) is 4.74 Å². The Bertz CT molecular complexity index is 579. The van der Waals surface area contributed by atoms with Gasteiger partial charge in [0.1, 0.15) is 0 Å². The molecule has 0 radical (unpaired) electrons. The predicted octanol–water partition coefficient (Wildman–Crippen LogP) is 2.25. The van der Waals surface area contributed by atoms with Gasteiger partial charge in [0.25, 0.3) is 0 Å². The van der Waals surface area contributed by atoms with Gasteiger partial charge >= 0.3 is 6.03 Å². The number of hydrogen-bond donors (Lipinski definition) is 1. The molecule has 3 saturated heterocycles. The van der Waals surface area contributed by atoms with Gasteiger partial charge in [0, 0.05) is 25.7 Å². The Morgan fingerprint density at radius 2 is 2.12 bits per heavy atom. The minimum atomic E-state index is 0.0362. The monoisotopic (exact) mass is 329 g/mol. The van der Waals surface area contributed by atoms with Crippen molar-refractivity contribution >= 4 is 6.03 Å². The SMILES string of the molecule is C[C@@H]1CN(C(=O)NC[C@@H]2CN3CCC[C@H]3CO2)[C@@H]1c1ccccc1. The minimum Gasteiger partial charge on any atom is -0.373 e. The summed E-state index contributed by atoms with van der Waals surface area (Å²) in [6.45, 7) is 6.58. The van der Waals surface area contributed by atoms with Crippen LogP contribution in [0.4, 0.5) is 4.79 Å². The molecule has 3 heterocycles. The topological polar surface area (TPSA) is 44.8 Å². The van der Waals surface area contributed by atoms with Crippen LogP contribution < -0.4 is 5.32 Å². The second kappa shape index (κ2) is 6.73. The number of nitrogens with zero attached hydrogens (tertiary/aromatic N) is 2. The lowest BCUT2D eigenvalue weighted by molar-refractivity contribution is -0.0469. The number of ether oxygens (including phenoxy) is 1. The number of benzene rings is 1. The Hall–Kier alpha value is -1.59. The zero-order valence-corrected chi connectivity index (χ0v) is 14.4. The molecule has 0 saturated carbocycles. The number of urea groups is 1. The van der Waals surface area contributed by atoms with Crippen LogP contribution in [0.25, 0.3) is 0 Å². The molecule has 2 amide bonds. The van der Waals surface area contributed by atoms with Gasteiger partial charge in [-0.25, -0.2) is 4.79 Å². The maximum absolute atomic E-state index is 12.6. The average Bonchev–Trinajstić information content (AvgIpc) is 3.06. The number of carbonyl (C=O) groups is 1. The molecule has 5 nitrogen and oxygen atoms in total. The number of fused-ring (bicyclic) bond motifs is 1. The third-order valence-electron chi connectivity index (χ3n) is 5.70. The Kier molecular flexibility index (Phi) is 4.46. The number of carbonyl (C=O) groups excluding carboxylic acids is 1. The lowest BCUT2D eigenvalue weighted by Crippen LogP contribution is -2.57. The van der Waals surface area contributed by atoms with Crippen molar-refractivity contribution in [3.8, 4) is 0 Å². The first kappa shape index (κ1) is 15.9. The van der Waals surface area contributed by atoms with Crippen LogP contribution in [0.3, 0.4) is 0 Å². The van der Waals surface area contributed by atoms with Crippen molar-refractivity contribution in [3.05, 3.63) is 35.9 Å². The summed E-state index contributed by atoms with van der Waals surface area (Å²) in [6.07, 6.45) is 2.65. The van der Waals surface area contributed by atoms with Crippen LogP contribution in [-0.4, -0.2) is 60.8 Å². The van der Waals surface area contributed by atoms with Crippen molar-refractivity contribution in [2.75, 3.05) is 32.8 Å². The van der Waals surface area contributed by atoms with E-state index in [1.54, 1.807) is 0 Å². The molecule has 130 valence electrons. The molecular formula is C19H27N3O2. The summed E-state index contributed by atoms with van der Waals surface area (Å²) in [7, 11) is 0. The van der Waals surface area contributed by atoms with E-state index in [0.717, 1.165) is 19.7 Å². The first-order chi connectivity index (χ1) is 11.7. The Labute approximate surface area is 144 Å². The second-order valence-electron chi connectivity index (χ2n) is 7.42. The van der Waals surface area contributed by atoms with Crippen LogP contribution in [0.5, 0.6) is 0 Å². The lowest BCUT2D eigenvalue weighted by atomic mass is 9.85. The van der Waals surface area contributed by atoms with Crippen LogP contribution >= 0.6 is 0 Å². The number of nitrogens with one attached hydrogen (secondary N) is 1. The van der Waals surface area contributed by atoms with E-state index in [9.17, 15) is 4.79 Å². The van der Waals surface area contributed by atoms with E-state index in [1.165, 1.54) is 24.9 Å². The van der Waals surface area contributed by atoms with Gasteiger partial charge in [-0.1, -0.05) is 37.3 Å². The molecule has 1 aromatic carbocycles. The second-order valence-corrected chi connectivity index (χ2v) is 7.42. The van der Waals surface area contributed by atoms with E-state index in [0.29, 0.717) is 18.5 Å². The van der Waals surface area contributed by atoms with E-state index in [2.05, 4.69) is 29.3 Å². The molecular weight excluding hydrogens is 302 g/mol. The molecule has 1 N–H and O–H groups in total. The number of amides is 2. The largest absolute Gasteiger partial charge is 0.373 e. The first-order valence-corrected chi connectivity index (χ1v) is 9.17. The van der Waals surface area contributed by atoms with Crippen molar-refractivity contribution in [2.45, 2.75) is 38.0 Å². The predicted molar refractivity (Wildman–Crippen MR) is 92.8 cm³/mol. The maximum Gasteiger partial charge on any atom is 0.318 e. The molecule has 0 spiro atoms. The molecule has 0 aliphatic carbocycles. The molecule has 0 aromatic heterocycles. The highest BCUT2D eigenvalue weighted by atomic mass is 16.5. The number of likely N-dealkylation sites (tertiary alicyclic amines) is 1. The smallest absolute Gasteiger partial charge is 0.318 e. The molecule has 4 atom stereocenters. The van der Waals surface area contributed by atoms with Gasteiger partial charge in [-0.2, -0.15) is 0 Å². The van der Waals surface area contributed by atoms with Gasteiger partial charge in [-0.15, -0.1) is 0 Å². The number of morpholine rings is 1. The maximum atomic E-state index is 12.6. The summed E-state index contributed by atoms with van der Waals surface area (Å²) in [5, 5.41) is 3.09. The van der Waals surface area contributed by atoms with Crippen molar-refractivity contribution < 1.29 is 9.53 Å². The quantitative estimate of drug-likeness (QED) is 0.925. The third-order valence-corrected chi connectivity index (χ3v) is 5.70. The van der Waals surface area contributed by atoms with E-state index >= 15 is 0 Å². The first-order valence-electron chi connectivity index (χ1n) is 9.17. The molecule has 3 fully saturated rings. The molecule has 3 aliphatic heterocycles.